The van der Waals surface area contributed by atoms with Gasteiger partial charge in [0.05, 0.1) is 14.2 Å². The monoisotopic (exact) mass is 279 g/mol. The second-order valence-electron chi connectivity index (χ2n) is 5.68. The minimum absolute atomic E-state index is 0.191. The quantitative estimate of drug-likeness (QED) is 0.768. The summed E-state index contributed by atoms with van der Waals surface area (Å²) >= 11 is 0. The fourth-order valence-corrected chi connectivity index (χ4v) is 2.59. The molecule has 2 rings (SSSR count). The molecule has 0 aliphatic heterocycles. The van der Waals surface area contributed by atoms with E-state index in [0.717, 1.165) is 30.0 Å². The number of aliphatic hydroxyl groups excluding tert-OH is 1. The number of hydrogen-bond donors (Lipinski definition) is 2. The Morgan fingerprint density at radius 1 is 1.30 bits per heavy atom. The molecule has 2 N–H and O–H groups in total. The van der Waals surface area contributed by atoms with Crippen molar-refractivity contribution in [2.75, 3.05) is 27.4 Å². The summed E-state index contributed by atoms with van der Waals surface area (Å²) in [5, 5.41) is 12.7. The Bertz CT molecular complexity index is 443. The van der Waals surface area contributed by atoms with Crippen LogP contribution in [0.3, 0.4) is 0 Å². The number of ether oxygens (including phenoxy) is 2. The Kier molecular flexibility index (Phi) is 4.89. The van der Waals surface area contributed by atoms with Crippen molar-refractivity contribution in [2.24, 2.45) is 5.41 Å². The summed E-state index contributed by atoms with van der Waals surface area (Å²) in [5.41, 5.74) is 1.42. The topological polar surface area (TPSA) is 50.7 Å². The van der Waals surface area contributed by atoms with Gasteiger partial charge in [0.1, 0.15) is 11.5 Å². The molecule has 1 aliphatic rings. The summed E-state index contributed by atoms with van der Waals surface area (Å²) in [7, 11) is 3.36. The van der Waals surface area contributed by atoms with Crippen LogP contribution in [0.25, 0.3) is 0 Å². The maximum atomic E-state index is 9.11. The van der Waals surface area contributed by atoms with E-state index in [9.17, 15) is 0 Å². The lowest BCUT2D eigenvalue weighted by Gasteiger charge is -2.21. The van der Waals surface area contributed by atoms with Gasteiger partial charge < -0.3 is 19.9 Å². The zero-order chi connectivity index (χ0) is 14.6. The molecule has 1 saturated carbocycles. The summed E-state index contributed by atoms with van der Waals surface area (Å²) in [6.07, 6.45) is 3.31. The van der Waals surface area contributed by atoms with Crippen molar-refractivity contribution in [2.45, 2.75) is 32.2 Å². The van der Waals surface area contributed by atoms with Gasteiger partial charge in [0.2, 0.25) is 0 Å². The average Bonchev–Trinajstić information content (AvgIpc) is 3.24. The van der Waals surface area contributed by atoms with Crippen LogP contribution in [0.4, 0.5) is 0 Å². The van der Waals surface area contributed by atoms with Crippen LogP contribution in [0.15, 0.2) is 18.2 Å². The van der Waals surface area contributed by atoms with Crippen molar-refractivity contribution in [3.63, 3.8) is 0 Å². The van der Waals surface area contributed by atoms with E-state index in [4.69, 9.17) is 14.6 Å². The second-order valence-corrected chi connectivity index (χ2v) is 5.68. The van der Waals surface area contributed by atoms with Crippen LogP contribution in [0.2, 0.25) is 0 Å². The van der Waals surface area contributed by atoms with Gasteiger partial charge in [-0.3, -0.25) is 0 Å². The van der Waals surface area contributed by atoms with Gasteiger partial charge in [0.15, 0.2) is 0 Å². The standard InChI is InChI=1S/C16H25NO3/c1-12(17-11-16(6-7-16)8-9-18)14-10-13(19-2)4-5-15(14)20-3/h4-5,10,12,17-18H,6-9,11H2,1-3H3. The summed E-state index contributed by atoms with van der Waals surface area (Å²) in [4.78, 5) is 0. The second kappa shape index (κ2) is 6.46. The molecule has 20 heavy (non-hydrogen) atoms. The Balaban J connectivity index is 2.02. The Hall–Kier alpha value is -1.26. The predicted octanol–water partition coefficient (Wildman–Crippen LogP) is 2.52. The molecule has 1 aromatic rings. The van der Waals surface area contributed by atoms with Crippen LogP contribution in [0, 0.1) is 5.41 Å². The van der Waals surface area contributed by atoms with Gasteiger partial charge in [0, 0.05) is 24.8 Å². The predicted molar refractivity (Wildman–Crippen MR) is 79.3 cm³/mol. The zero-order valence-electron chi connectivity index (χ0n) is 12.6. The van der Waals surface area contributed by atoms with Crippen molar-refractivity contribution in [1.29, 1.82) is 0 Å². The molecule has 1 atom stereocenters. The molecule has 0 spiro atoms. The third-order valence-electron chi connectivity index (χ3n) is 4.29. The molecule has 1 aliphatic carbocycles. The minimum Gasteiger partial charge on any atom is -0.497 e. The summed E-state index contributed by atoms with van der Waals surface area (Å²) < 4.78 is 10.7. The lowest BCUT2D eigenvalue weighted by atomic mass is 10.0. The highest BCUT2D eigenvalue weighted by molar-refractivity contribution is 5.42. The van der Waals surface area contributed by atoms with Crippen molar-refractivity contribution >= 4 is 0 Å². The van der Waals surface area contributed by atoms with Crippen molar-refractivity contribution < 1.29 is 14.6 Å². The molecule has 112 valence electrons. The molecule has 0 radical (unpaired) electrons. The van der Waals surface area contributed by atoms with Crippen LogP contribution >= 0.6 is 0 Å². The van der Waals surface area contributed by atoms with Gasteiger partial charge in [-0.05, 0) is 49.8 Å². The largest absolute Gasteiger partial charge is 0.497 e. The van der Waals surface area contributed by atoms with Crippen LogP contribution in [-0.4, -0.2) is 32.5 Å². The van der Waals surface area contributed by atoms with E-state index in [1.165, 1.54) is 12.8 Å². The summed E-state index contributed by atoms with van der Waals surface area (Å²) in [6.45, 7) is 3.35. The van der Waals surface area contributed by atoms with Crippen LogP contribution in [0.1, 0.15) is 37.8 Å². The number of hydrogen-bond acceptors (Lipinski definition) is 4. The van der Waals surface area contributed by atoms with Crippen LogP contribution in [-0.2, 0) is 0 Å². The minimum atomic E-state index is 0.191. The van der Waals surface area contributed by atoms with Gasteiger partial charge in [-0.15, -0.1) is 0 Å². The molecular weight excluding hydrogens is 254 g/mol. The average molecular weight is 279 g/mol. The Morgan fingerprint density at radius 2 is 2.05 bits per heavy atom. The lowest BCUT2D eigenvalue weighted by Crippen LogP contribution is -2.27. The number of aliphatic hydroxyl groups is 1. The third-order valence-corrected chi connectivity index (χ3v) is 4.29. The number of methoxy groups -OCH3 is 2. The molecule has 1 fully saturated rings. The molecule has 0 amide bonds. The molecule has 1 aromatic carbocycles. The summed E-state index contributed by atoms with van der Waals surface area (Å²) in [6, 6.07) is 6.05. The molecule has 0 aromatic heterocycles. The van der Waals surface area contributed by atoms with Crippen molar-refractivity contribution in [3.8, 4) is 11.5 Å². The Morgan fingerprint density at radius 3 is 2.60 bits per heavy atom. The first-order chi connectivity index (χ1) is 9.64. The van der Waals surface area contributed by atoms with Gasteiger partial charge in [-0.2, -0.15) is 0 Å². The van der Waals surface area contributed by atoms with Crippen molar-refractivity contribution in [1.82, 2.24) is 5.32 Å². The molecule has 0 heterocycles. The number of benzene rings is 1. The SMILES string of the molecule is COc1ccc(OC)c(C(C)NCC2(CCO)CC2)c1. The first-order valence-corrected chi connectivity index (χ1v) is 7.20. The molecule has 0 bridgehead atoms. The van der Waals surface area contributed by atoms with E-state index in [-0.39, 0.29) is 12.6 Å². The highest BCUT2D eigenvalue weighted by atomic mass is 16.5. The smallest absolute Gasteiger partial charge is 0.123 e. The van der Waals surface area contributed by atoms with E-state index < -0.39 is 0 Å². The van der Waals surface area contributed by atoms with E-state index >= 15 is 0 Å². The molecule has 1 unspecified atom stereocenters. The van der Waals surface area contributed by atoms with E-state index in [1.54, 1.807) is 14.2 Å². The molecular formula is C16H25NO3. The molecule has 4 heteroatoms. The highest BCUT2D eigenvalue weighted by Crippen LogP contribution is 2.48. The Labute approximate surface area is 121 Å². The van der Waals surface area contributed by atoms with Crippen molar-refractivity contribution in [3.05, 3.63) is 23.8 Å². The number of rotatable bonds is 8. The maximum absolute atomic E-state index is 9.11. The number of nitrogens with one attached hydrogen (secondary N) is 1. The lowest BCUT2D eigenvalue weighted by molar-refractivity contribution is 0.242. The van der Waals surface area contributed by atoms with Crippen LogP contribution < -0.4 is 14.8 Å². The van der Waals surface area contributed by atoms with Gasteiger partial charge in [0.25, 0.3) is 0 Å². The van der Waals surface area contributed by atoms with E-state index in [0.29, 0.717) is 5.41 Å². The van der Waals surface area contributed by atoms with E-state index in [2.05, 4.69) is 12.2 Å². The molecule has 4 nitrogen and oxygen atoms in total. The van der Waals surface area contributed by atoms with Gasteiger partial charge in [-0.1, -0.05) is 0 Å². The highest BCUT2D eigenvalue weighted by Gasteiger charge is 2.41. The summed E-state index contributed by atoms with van der Waals surface area (Å²) in [5.74, 6) is 1.71. The first-order valence-electron chi connectivity index (χ1n) is 7.20. The van der Waals surface area contributed by atoms with Gasteiger partial charge >= 0.3 is 0 Å². The fraction of sp³-hybridized carbons (Fsp3) is 0.625. The first kappa shape index (κ1) is 15.1. The van der Waals surface area contributed by atoms with Crippen LogP contribution in [0.5, 0.6) is 11.5 Å². The third kappa shape index (κ3) is 3.44. The normalized spacial score (nSPS) is 17.6. The van der Waals surface area contributed by atoms with E-state index in [1.807, 2.05) is 18.2 Å². The van der Waals surface area contributed by atoms with Gasteiger partial charge in [-0.25, -0.2) is 0 Å². The fourth-order valence-electron chi connectivity index (χ4n) is 2.59. The maximum Gasteiger partial charge on any atom is 0.123 e. The zero-order valence-corrected chi connectivity index (χ0v) is 12.6. The molecule has 0 saturated heterocycles.